The highest BCUT2D eigenvalue weighted by molar-refractivity contribution is 5.74. The number of carboxylic acid groups (broad SMARTS) is 1. The van der Waals surface area contributed by atoms with Crippen molar-refractivity contribution in [1.29, 1.82) is 0 Å². The van der Waals surface area contributed by atoms with Crippen molar-refractivity contribution in [2.24, 2.45) is 5.92 Å². The molecular formula is C19H28N2O3. The number of carbonyl (C=O) groups excluding carboxylic acids is 1. The fourth-order valence-corrected chi connectivity index (χ4v) is 3.53. The number of urea groups is 1. The molecule has 1 aromatic carbocycles. The van der Waals surface area contributed by atoms with Gasteiger partial charge in [0.15, 0.2) is 0 Å². The van der Waals surface area contributed by atoms with Gasteiger partial charge in [0.05, 0.1) is 5.92 Å². The number of nitrogens with one attached hydrogen (secondary N) is 2. The molecule has 1 aromatic rings. The third kappa shape index (κ3) is 5.55. The van der Waals surface area contributed by atoms with Gasteiger partial charge in [-0.1, -0.05) is 29.3 Å². The van der Waals surface area contributed by atoms with Crippen LogP contribution in [-0.4, -0.2) is 29.2 Å². The Morgan fingerprint density at radius 2 is 1.71 bits per heavy atom. The molecule has 2 rings (SSSR count). The SMILES string of the molecule is Cc1cc(C)cc(CC(C)NC(=O)NC2CCC(C(=O)O)CC2)c1. The van der Waals surface area contributed by atoms with E-state index in [-0.39, 0.29) is 24.0 Å². The number of benzene rings is 1. The number of rotatable bonds is 5. The summed E-state index contributed by atoms with van der Waals surface area (Å²) < 4.78 is 0. The summed E-state index contributed by atoms with van der Waals surface area (Å²) in [5, 5.41) is 15.0. The predicted molar refractivity (Wildman–Crippen MR) is 94.1 cm³/mol. The molecule has 2 amide bonds. The Labute approximate surface area is 143 Å². The summed E-state index contributed by atoms with van der Waals surface area (Å²) in [4.78, 5) is 23.1. The highest BCUT2D eigenvalue weighted by Crippen LogP contribution is 2.24. The molecule has 0 aliphatic heterocycles. The van der Waals surface area contributed by atoms with Gasteiger partial charge >= 0.3 is 12.0 Å². The molecular weight excluding hydrogens is 304 g/mol. The summed E-state index contributed by atoms with van der Waals surface area (Å²) >= 11 is 0. The minimum Gasteiger partial charge on any atom is -0.481 e. The maximum atomic E-state index is 12.1. The van der Waals surface area contributed by atoms with E-state index in [9.17, 15) is 9.59 Å². The first kappa shape index (κ1) is 18.3. The number of hydrogen-bond acceptors (Lipinski definition) is 2. The average molecular weight is 332 g/mol. The Morgan fingerprint density at radius 3 is 2.25 bits per heavy atom. The van der Waals surface area contributed by atoms with Crippen LogP contribution in [0.25, 0.3) is 0 Å². The van der Waals surface area contributed by atoms with E-state index in [1.54, 1.807) is 0 Å². The molecule has 0 radical (unpaired) electrons. The molecule has 1 aliphatic rings. The fraction of sp³-hybridized carbons (Fsp3) is 0.579. The van der Waals surface area contributed by atoms with E-state index < -0.39 is 5.97 Å². The van der Waals surface area contributed by atoms with Gasteiger partial charge in [0.25, 0.3) is 0 Å². The molecule has 1 unspecified atom stereocenters. The van der Waals surface area contributed by atoms with Crippen LogP contribution in [0.3, 0.4) is 0 Å². The first-order valence-electron chi connectivity index (χ1n) is 8.70. The predicted octanol–water partition coefficient (Wildman–Crippen LogP) is 3.18. The summed E-state index contributed by atoms with van der Waals surface area (Å²) in [7, 11) is 0. The zero-order valence-corrected chi connectivity index (χ0v) is 14.8. The molecule has 5 heteroatoms. The summed E-state index contributed by atoms with van der Waals surface area (Å²) in [5.41, 5.74) is 3.69. The van der Waals surface area contributed by atoms with Crippen LogP contribution in [0.2, 0.25) is 0 Å². The highest BCUT2D eigenvalue weighted by atomic mass is 16.4. The number of carbonyl (C=O) groups is 2. The molecule has 0 saturated heterocycles. The topological polar surface area (TPSA) is 78.4 Å². The Balaban J connectivity index is 1.76. The van der Waals surface area contributed by atoms with Crippen LogP contribution in [0.1, 0.15) is 49.3 Å². The fourth-order valence-electron chi connectivity index (χ4n) is 3.53. The zero-order valence-electron chi connectivity index (χ0n) is 14.8. The van der Waals surface area contributed by atoms with Crippen LogP contribution in [0.15, 0.2) is 18.2 Å². The van der Waals surface area contributed by atoms with Gasteiger partial charge in [-0.3, -0.25) is 4.79 Å². The van der Waals surface area contributed by atoms with Crippen molar-refractivity contribution in [3.63, 3.8) is 0 Å². The molecule has 5 nitrogen and oxygen atoms in total. The number of amides is 2. The first-order valence-corrected chi connectivity index (χ1v) is 8.70. The Kier molecular flexibility index (Phi) is 6.23. The lowest BCUT2D eigenvalue weighted by molar-refractivity contribution is -0.142. The van der Waals surface area contributed by atoms with Gasteiger partial charge in [0.2, 0.25) is 0 Å². The molecule has 0 heterocycles. The standard InChI is InChI=1S/C19H28N2O3/c1-12-8-13(2)10-15(9-12)11-14(3)20-19(24)21-17-6-4-16(5-7-17)18(22)23/h8-10,14,16-17H,4-7,11H2,1-3H3,(H,22,23)(H2,20,21,24). The van der Waals surface area contributed by atoms with Crippen molar-refractivity contribution >= 4 is 12.0 Å². The largest absolute Gasteiger partial charge is 0.481 e. The minimum atomic E-state index is -0.722. The second kappa shape index (κ2) is 8.18. The molecule has 1 atom stereocenters. The van der Waals surface area contributed by atoms with Crippen LogP contribution in [0.5, 0.6) is 0 Å². The number of carboxylic acids is 1. The maximum Gasteiger partial charge on any atom is 0.315 e. The number of hydrogen-bond donors (Lipinski definition) is 3. The molecule has 0 bridgehead atoms. The molecule has 132 valence electrons. The van der Waals surface area contributed by atoms with Gasteiger partial charge in [-0.2, -0.15) is 0 Å². The Hall–Kier alpha value is -2.04. The van der Waals surface area contributed by atoms with Crippen molar-refractivity contribution in [2.75, 3.05) is 0 Å². The summed E-state index contributed by atoms with van der Waals surface area (Å²) in [5.74, 6) is -0.977. The zero-order chi connectivity index (χ0) is 17.7. The van der Waals surface area contributed by atoms with Gasteiger partial charge in [-0.25, -0.2) is 4.79 Å². The summed E-state index contributed by atoms with van der Waals surface area (Å²) in [6, 6.07) is 6.40. The first-order chi connectivity index (χ1) is 11.3. The molecule has 0 spiro atoms. The second-order valence-electron chi connectivity index (χ2n) is 7.11. The van der Waals surface area contributed by atoms with Crippen molar-refractivity contribution in [1.82, 2.24) is 10.6 Å². The minimum absolute atomic E-state index is 0.0431. The smallest absolute Gasteiger partial charge is 0.315 e. The Morgan fingerprint density at radius 1 is 1.12 bits per heavy atom. The molecule has 0 aromatic heterocycles. The van der Waals surface area contributed by atoms with E-state index in [0.717, 1.165) is 19.3 Å². The number of aryl methyl sites for hydroxylation is 2. The van der Waals surface area contributed by atoms with Gasteiger partial charge in [-0.05, 0) is 58.4 Å². The summed E-state index contributed by atoms with van der Waals surface area (Å²) in [6.07, 6.45) is 3.53. The number of aliphatic carboxylic acids is 1. The van der Waals surface area contributed by atoms with E-state index in [2.05, 4.69) is 42.7 Å². The average Bonchev–Trinajstić information content (AvgIpc) is 2.46. The van der Waals surface area contributed by atoms with Crippen molar-refractivity contribution < 1.29 is 14.7 Å². The quantitative estimate of drug-likeness (QED) is 0.775. The monoisotopic (exact) mass is 332 g/mol. The van der Waals surface area contributed by atoms with Gasteiger partial charge in [0.1, 0.15) is 0 Å². The molecule has 24 heavy (non-hydrogen) atoms. The van der Waals surface area contributed by atoms with E-state index in [0.29, 0.717) is 12.8 Å². The molecule has 3 N–H and O–H groups in total. The van der Waals surface area contributed by atoms with Crippen molar-refractivity contribution in [3.05, 3.63) is 34.9 Å². The lowest BCUT2D eigenvalue weighted by atomic mass is 9.86. The third-order valence-corrected chi connectivity index (χ3v) is 4.61. The summed E-state index contributed by atoms with van der Waals surface area (Å²) in [6.45, 7) is 6.15. The van der Waals surface area contributed by atoms with E-state index >= 15 is 0 Å². The van der Waals surface area contributed by atoms with E-state index in [1.807, 2.05) is 6.92 Å². The second-order valence-corrected chi connectivity index (χ2v) is 7.11. The van der Waals surface area contributed by atoms with Crippen LogP contribution in [-0.2, 0) is 11.2 Å². The van der Waals surface area contributed by atoms with Crippen LogP contribution in [0.4, 0.5) is 4.79 Å². The van der Waals surface area contributed by atoms with Gasteiger partial charge in [0, 0.05) is 12.1 Å². The molecule has 1 aliphatic carbocycles. The third-order valence-electron chi connectivity index (χ3n) is 4.61. The van der Waals surface area contributed by atoms with Crippen molar-refractivity contribution in [2.45, 2.75) is 65.0 Å². The van der Waals surface area contributed by atoms with Gasteiger partial charge in [-0.15, -0.1) is 0 Å². The van der Waals surface area contributed by atoms with Crippen molar-refractivity contribution in [3.8, 4) is 0 Å². The highest BCUT2D eigenvalue weighted by Gasteiger charge is 2.26. The van der Waals surface area contributed by atoms with Crippen LogP contribution in [0, 0.1) is 19.8 Å². The van der Waals surface area contributed by atoms with E-state index in [1.165, 1.54) is 16.7 Å². The lowest BCUT2D eigenvalue weighted by Crippen LogP contribution is -2.47. The normalized spacial score (nSPS) is 21.8. The van der Waals surface area contributed by atoms with E-state index in [4.69, 9.17) is 5.11 Å². The maximum absolute atomic E-state index is 12.1. The molecule has 1 fully saturated rings. The van der Waals surface area contributed by atoms with Gasteiger partial charge < -0.3 is 15.7 Å². The van der Waals surface area contributed by atoms with Crippen LogP contribution >= 0.6 is 0 Å². The molecule has 1 saturated carbocycles. The van der Waals surface area contributed by atoms with Crippen LogP contribution < -0.4 is 10.6 Å². The Bertz CT molecular complexity index is 572. The lowest BCUT2D eigenvalue weighted by Gasteiger charge is -2.27.